The van der Waals surface area contributed by atoms with Gasteiger partial charge in [-0.25, -0.2) is 4.99 Å². The molecule has 0 radical (unpaired) electrons. The molecule has 1 heterocycles. The average Bonchev–Trinajstić information content (AvgIpc) is 2.72. The van der Waals surface area contributed by atoms with Crippen LogP contribution in [0.3, 0.4) is 0 Å². The van der Waals surface area contributed by atoms with E-state index in [4.69, 9.17) is 0 Å². The number of benzene rings is 2. The number of carbonyl (C=O) groups excluding carboxylic acids is 2. The molecule has 5 nitrogen and oxygen atoms in total. The lowest BCUT2D eigenvalue weighted by Gasteiger charge is -2.12. The van der Waals surface area contributed by atoms with E-state index in [2.05, 4.69) is 15.6 Å². The van der Waals surface area contributed by atoms with Crippen molar-refractivity contribution in [2.24, 2.45) is 4.99 Å². The van der Waals surface area contributed by atoms with Crippen molar-refractivity contribution in [1.82, 2.24) is 5.32 Å². The Bertz CT molecular complexity index is 769. The number of para-hydroxylation sites is 1. The second kappa shape index (κ2) is 6.44. The second-order valence-electron chi connectivity index (χ2n) is 5.20. The Labute approximate surface area is 134 Å². The normalized spacial score (nSPS) is 16.7. The van der Waals surface area contributed by atoms with E-state index >= 15 is 0 Å². The van der Waals surface area contributed by atoms with E-state index in [0.717, 1.165) is 11.1 Å². The average molecular weight is 307 g/mol. The Hall–Kier alpha value is -2.95. The molecule has 0 spiro atoms. The van der Waals surface area contributed by atoms with Gasteiger partial charge < -0.3 is 10.6 Å². The molecule has 1 unspecified atom stereocenters. The first-order chi connectivity index (χ1) is 11.2. The highest BCUT2D eigenvalue weighted by Crippen LogP contribution is 2.23. The first-order valence-corrected chi connectivity index (χ1v) is 7.52. The van der Waals surface area contributed by atoms with Gasteiger partial charge in [0.2, 0.25) is 12.1 Å². The topological polar surface area (TPSA) is 70.6 Å². The molecule has 0 aromatic heterocycles. The molecule has 0 bridgehead atoms. The van der Waals surface area contributed by atoms with E-state index in [1.54, 1.807) is 6.92 Å². The van der Waals surface area contributed by atoms with Crippen LogP contribution >= 0.6 is 0 Å². The van der Waals surface area contributed by atoms with Crippen LogP contribution in [0, 0.1) is 0 Å². The van der Waals surface area contributed by atoms with Gasteiger partial charge in [-0.2, -0.15) is 0 Å². The summed E-state index contributed by atoms with van der Waals surface area (Å²) in [5.74, 6) is -0.558. The fourth-order valence-corrected chi connectivity index (χ4v) is 2.44. The number of aliphatic imine (C=N–C) groups is 1. The van der Waals surface area contributed by atoms with Crippen molar-refractivity contribution in [2.75, 3.05) is 5.32 Å². The standard InChI is InChI=1S/C18H17N3O2/c1-2-15(22)20-17-18(23)19-14-11-7-6-10-13(14)16(21-17)12-8-4-3-5-9-12/h3-11,17H,2H2,1H3,(H,19,23)(H,20,22). The number of hydrogen-bond donors (Lipinski definition) is 2. The van der Waals surface area contributed by atoms with Crippen LogP contribution in [0.25, 0.3) is 0 Å². The Morgan fingerprint density at radius 2 is 1.83 bits per heavy atom. The number of anilines is 1. The minimum absolute atomic E-state index is 0.215. The Morgan fingerprint density at radius 1 is 1.13 bits per heavy atom. The van der Waals surface area contributed by atoms with Gasteiger partial charge in [0, 0.05) is 17.5 Å². The number of nitrogens with one attached hydrogen (secondary N) is 2. The quantitative estimate of drug-likeness (QED) is 0.913. The molecule has 23 heavy (non-hydrogen) atoms. The summed E-state index contributed by atoms with van der Waals surface area (Å²) < 4.78 is 0. The van der Waals surface area contributed by atoms with Crippen molar-refractivity contribution < 1.29 is 9.59 Å². The summed E-state index contributed by atoms with van der Waals surface area (Å²) in [6.07, 6.45) is -0.641. The van der Waals surface area contributed by atoms with Crippen LogP contribution in [-0.4, -0.2) is 23.7 Å². The van der Waals surface area contributed by atoms with Gasteiger partial charge in [-0.3, -0.25) is 9.59 Å². The molecule has 0 saturated carbocycles. The van der Waals surface area contributed by atoms with Crippen molar-refractivity contribution in [1.29, 1.82) is 0 Å². The zero-order valence-corrected chi connectivity index (χ0v) is 12.7. The van der Waals surface area contributed by atoms with Gasteiger partial charge in [-0.05, 0) is 6.07 Å². The van der Waals surface area contributed by atoms with Crippen molar-refractivity contribution in [3.63, 3.8) is 0 Å². The van der Waals surface area contributed by atoms with Crippen molar-refractivity contribution >= 4 is 23.2 Å². The predicted octanol–water partition coefficient (Wildman–Crippen LogP) is 2.33. The summed E-state index contributed by atoms with van der Waals surface area (Å²) in [5, 5.41) is 5.49. The molecule has 1 aliphatic rings. The lowest BCUT2D eigenvalue weighted by molar-refractivity contribution is -0.126. The third kappa shape index (κ3) is 3.13. The summed E-state index contributed by atoms with van der Waals surface area (Å²) in [5.41, 5.74) is 3.10. The summed E-state index contributed by atoms with van der Waals surface area (Å²) in [6, 6.07) is 17.1. The molecule has 2 N–H and O–H groups in total. The first kappa shape index (κ1) is 15.0. The van der Waals surface area contributed by atoms with Crippen molar-refractivity contribution in [2.45, 2.75) is 19.5 Å². The van der Waals surface area contributed by atoms with Gasteiger partial charge in [-0.15, -0.1) is 0 Å². The Kier molecular flexibility index (Phi) is 4.19. The van der Waals surface area contributed by atoms with Gasteiger partial charge in [0.15, 0.2) is 0 Å². The number of fused-ring (bicyclic) bond motifs is 1. The van der Waals surface area contributed by atoms with Gasteiger partial charge in [-0.1, -0.05) is 55.5 Å². The molecule has 5 heteroatoms. The number of benzodiazepines with no additional fused rings is 1. The van der Waals surface area contributed by atoms with E-state index in [9.17, 15) is 9.59 Å². The van der Waals surface area contributed by atoms with Crippen LogP contribution < -0.4 is 10.6 Å². The first-order valence-electron chi connectivity index (χ1n) is 7.52. The van der Waals surface area contributed by atoms with Crippen molar-refractivity contribution in [3.8, 4) is 0 Å². The molecule has 0 fully saturated rings. The van der Waals surface area contributed by atoms with Gasteiger partial charge in [0.25, 0.3) is 5.91 Å². The van der Waals surface area contributed by atoms with E-state index in [-0.39, 0.29) is 11.8 Å². The number of nitrogens with zero attached hydrogens (tertiary/aromatic N) is 1. The maximum absolute atomic E-state index is 12.4. The molecule has 116 valence electrons. The molecule has 1 aliphatic heterocycles. The summed E-state index contributed by atoms with van der Waals surface area (Å²) in [6.45, 7) is 1.74. The monoisotopic (exact) mass is 307 g/mol. The fourth-order valence-electron chi connectivity index (χ4n) is 2.44. The molecule has 1 atom stereocenters. The van der Waals surface area contributed by atoms with E-state index < -0.39 is 6.17 Å². The number of rotatable bonds is 3. The minimum atomic E-state index is -0.940. The molecule has 2 amide bonds. The lowest BCUT2D eigenvalue weighted by Crippen LogP contribution is -2.42. The van der Waals surface area contributed by atoms with Crippen LogP contribution in [0.4, 0.5) is 5.69 Å². The van der Waals surface area contributed by atoms with Crippen LogP contribution in [0.2, 0.25) is 0 Å². The number of amides is 2. The maximum atomic E-state index is 12.4. The highest BCUT2D eigenvalue weighted by molar-refractivity contribution is 6.19. The summed E-state index contributed by atoms with van der Waals surface area (Å²) in [7, 11) is 0. The zero-order valence-electron chi connectivity index (χ0n) is 12.7. The second-order valence-corrected chi connectivity index (χ2v) is 5.20. The smallest absolute Gasteiger partial charge is 0.269 e. The Balaban J connectivity index is 2.11. The third-order valence-corrected chi connectivity index (χ3v) is 3.61. The minimum Gasteiger partial charge on any atom is -0.327 e. The van der Waals surface area contributed by atoms with E-state index in [1.165, 1.54) is 0 Å². The summed E-state index contributed by atoms with van der Waals surface area (Å²) >= 11 is 0. The third-order valence-electron chi connectivity index (χ3n) is 3.61. The van der Waals surface area contributed by atoms with E-state index in [1.807, 2.05) is 54.6 Å². The molecular formula is C18H17N3O2. The molecule has 2 aromatic rings. The van der Waals surface area contributed by atoms with E-state index in [0.29, 0.717) is 17.8 Å². The lowest BCUT2D eigenvalue weighted by atomic mass is 10.0. The van der Waals surface area contributed by atoms with Gasteiger partial charge >= 0.3 is 0 Å². The molecule has 0 saturated heterocycles. The maximum Gasteiger partial charge on any atom is 0.269 e. The molecule has 3 rings (SSSR count). The Morgan fingerprint density at radius 3 is 2.57 bits per heavy atom. The number of carbonyl (C=O) groups is 2. The SMILES string of the molecule is CCC(=O)NC1N=C(c2ccccc2)c2ccccc2NC1=O. The van der Waals surface area contributed by atoms with Crippen molar-refractivity contribution in [3.05, 3.63) is 65.7 Å². The van der Waals surface area contributed by atoms with Gasteiger partial charge in [0.1, 0.15) is 0 Å². The van der Waals surface area contributed by atoms with Crippen LogP contribution in [0.15, 0.2) is 59.6 Å². The largest absolute Gasteiger partial charge is 0.327 e. The fraction of sp³-hybridized carbons (Fsp3) is 0.167. The molecule has 2 aromatic carbocycles. The summed E-state index contributed by atoms with van der Waals surface area (Å²) in [4.78, 5) is 28.6. The molecular weight excluding hydrogens is 290 g/mol. The van der Waals surface area contributed by atoms with Crippen LogP contribution in [-0.2, 0) is 9.59 Å². The van der Waals surface area contributed by atoms with Crippen LogP contribution in [0.1, 0.15) is 24.5 Å². The highest BCUT2D eigenvalue weighted by atomic mass is 16.2. The highest BCUT2D eigenvalue weighted by Gasteiger charge is 2.26. The predicted molar refractivity (Wildman–Crippen MR) is 89.4 cm³/mol. The van der Waals surface area contributed by atoms with Crippen LogP contribution in [0.5, 0.6) is 0 Å². The molecule has 0 aliphatic carbocycles. The number of hydrogen-bond acceptors (Lipinski definition) is 3. The van der Waals surface area contributed by atoms with Gasteiger partial charge in [0.05, 0.1) is 11.4 Å². The zero-order chi connectivity index (χ0) is 16.2.